The number of halogens is 2. The number of fused-ring (bicyclic) bond motifs is 1. The molecule has 2 aromatic carbocycles. The SMILES string of the molecule is CCOC(=O)CCc1ccc(F)c(F)c1OCC(O)CNC(C)(C)CC1Cc2ccccc2C1. The molecule has 1 aliphatic rings. The van der Waals surface area contributed by atoms with Gasteiger partial charge in [-0.15, -0.1) is 0 Å². The zero-order valence-corrected chi connectivity index (χ0v) is 20.2. The van der Waals surface area contributed by atoms with Crippen molar-refractivity contribution in [1.82, 2.24) is 5.32 Å². The van der Waals surface area contributed by atoms with E-state index in [1.807, 2.05) is 0 Å². The highest BCUT2D eigenvalue weighted by Crippen LogP contribution is 2.32. The van der Waals surface area contributed by atoms with Crippen LogP contribution in [0.2, 0.25) is 0 Å². The second kappa shape index (κ2) is 11.8. The van der Waals surface area contributed by atoms with E-state index >= 15 is 0 Å². The zero-order valence-electron chi connectivity index (χ0n) is 20.2. The lowest BCUT2D eigenvalue weighted by molar-refractivity contribution is -0.143. The van der Waals surface area contributed by atoms with Crippen LogP contribution in [-0.2, 0) is 28.8 Å². The fourth-order valence-corrected chi connectivity index (χ4v) is 4.62. The molecule has 0 amide bonds. The number of rotatable bonds is 12. The number of hydrogen-bond donors (Lipinski definition) is 2. The smallest absolute Gasteiger partial charge is 0.306 e. The average molecular weight is 476 g/mol. The summed E-state index contributed by atoms with van der Waals surface area (Å²) < 4.78 is 38.5. The molecule has 0 radical (unpaired) electrons. The van der Waals surface area contributed by atoms with Crippen LogP contribution < -0.4 is 10.1 Å². The Kier molecular flexibility index (Phi) is 9.03. The van der Waals surface area contributed by atoms with Gasteiger partial charge in [0.25, 0.3) is 0 Å². The Morgan fingerprint density at radius 1 is 1.18 bits per heavy atom. The van der Waals surface area contributed by atoms with Crippen molar-refractivity contribution in [3.63, 3.8) is 0 Å². The van der Waals surface area contributed by atoms with Gasteiger partial charge in [-0.2, -0.15) is 4.39 Å². The number of aryl methyl sites for hydroxylation is 1. The third-order valence-electron chi connectivity index (χ3n) is 6.21. The summed E-state index contributed by atoms with van der Waals surface area (Å²) >= 11 is 0. The molecule has 0 heterocycles. The molecule has 1 aliphatic carbocycles. The van der Waals surface area contributed by atoms with Crippen LogP contribution >= 0.6 is 0 Å². The number of esters is 1. The molecule has 0 aliphatic heterocycles. The van der Waals surface area contributed by atoms with Gasteiger partial charge in [0.1, 0.15) is 12.7 Å². The predicted molar refractivity (Wildman–Crippen MR) is 127 cm³/mol. The average Bonchev–Trinajstić information content (AvgIpc) is 3.19. The highest BCUT2D eigenvalue weighted by atomic mass is 19.2. The molecule has 186 valence electrons. The van der Waals surface area contributed by atoms with Gasteiger partial charge in [0.15, 0.2) is 11.6 Å². The van der Waals surface area contributed by atoms with Gasteiger partial charge in [-0.3, -0.25) is 4.79 Å². The van der Waals surface area contributed by atoms with Crippen molar-refractivity contribution in [1.29, 1.82) is 0 Å². The van der Waals surface area contributed by atoms with E-state index in [1.54, 1.807) is 6.92 Å². The highest BCUT2D eigenvalue weighted by molar-refractivity contribution is 5.69. The minimum Gasteiger partial charge on any atom is -0.487 e. The van der Waals surface area contributed by atoms with Crippen LogP contribution in [0.3, 0.4) is 0 Å². The van der Waals surface area contributed by atoms with Crippen LogP contribution in [0, 0.1) is 17.6 Å². The molecule has 0 spiro atoms. The highest BCUT2D eigenvalue weighted by Gasteiger charge is 2.28. The summed E-state index contributed by atoms with van der Waals surface area (Å²) in [5.41, 5.74) is 2.97. The molecule has 0 aromatic heterocycles. The molecule has 0 fully saturated rings. The third kappa shape index (κ3) is 7.24. The Balaban J connectivity index is 1.50. The Hall–Kier alpha value is -2.51. The number of aliphatic hydroxyl groups excluding tert-OH is 1. The van der Waals surface area contributed by atoms with E-state index in [4.69, 9.17) is 9.47 Å². The Morgan fingerprint density at radius 3 is 2.50 bits per heavy atom. The van der Waals surface area contributed by atoms with E-state index in [0.717, 1.165) is 25.3 Å². The Morgan fingerprint density at radius 2 is 1.85 bits per heavy atom. The standard InChI is InChI=1S/C27H35F2NO4/c1-4-33-24(32)12-10-19-9-11-23(28)25(29)26(19)34-17-22(31)16-30-27(2,3)15-18-13-20-7-5-6-8-21(20)14-18/h5-9,11,18,22,30-31H,4,10,12-17H2,1-3H3. The molecular formula is C27H35F2NO4. The number of benzene rings is 2. The van der Waals surface area contributed by atoms with Crippen molar-refractivity contribution in [3.05, 3.63) is 64.7 Å². The molecule has 2 aromatic rings. The number of ether oxygens (including phenoxy) is 2. The summed E-state index contributed by atoms with van der Waals surface area (Å²) in [7, 11) is 0. The van der Waals surface area contributed by atoms with Crippen LogP contribution in [0.5, 0.6) is 5.75 Å². The first-order valence-electron chi connectivity index (χ1n) is 11.9. The van der Waals surface area contributed by atoms with E-state index in [1.165, 1.54) is 17.2 Å². The molecule has 34 heavy (non-hydrogen) atoms. The second-order valence-electron chi connectivity index (χ2n) is 9.63. The van der Waals surface area contributed by atoms with Crippen molar-refractivity contribution < 1.29 is 28.2 Å². The van der Waals surface area contributed by atoms with Gasteiger partial charge < -0.3 is 19.9 Å². The zero-order chi connectivity index (χ0) is 24.7. The van der Waals surface area contributed by atoms with Crippen molar-refractivity contribution >= 4 is 5.97 Å². The normalized spacial score (nSPS) is 14.6. The van der Waals surface area contributed by atoms with E-state index in [0.29, 0.717) is 11.5 Å². The monoisotopic (exact) mass is 475 g/mol. The first-order valence-corrected chi connectivity index (χ1v) is 11.9. The lowest BCUT2D eigenvalue weighted by atomic mass is 9.88. The summed E-state index contributed by atoms with van der Waals surface area (Å²) in [6.45, 7) is 6.20. The van der Waals surface area contributed by atoms with Gasteiger partial charge in [0.2, 0.25) is 5.82 Å². The molecular weight excluding hydrogens is 440 g/mol. The summed E-state index contributed by atoms with van der Waals surface area (Å²) in [5, 5.41) is 13.8. The molecule has 3 rings (SSSR count). The second-order valence-corrected chi connectivity index (χ2v) is 9.63. The van der Waals surface area contributed by atoms with Gasteiger partial charge in [-0.05, 0) is 75.1 Å². The number of carbonyl (C=O) groups excluding carboxylic acids is 1. The van der Waals surface area contributed by atoms with Gasteiger partial charge >= 0.3 is 5.97 Å². The lowest BCUT2D eigenvalue weighted by Gasteiger charge is -2.30. The number of nitrogens with one attached hydrogen (secondary N) is 1. The molecule has 0 saturated heterocycles. The fraction of sp³-hybridized carbons (Fsp3) is 0.519. The summed E-state index contributed by atoms with van der Waals surface area (Å²) in [4.78, 5) is 11.6. The van der Waals surface area contributed by atoms with E-state index in [-0.39, 0.29) is 43.9 Å². The number of aliphatic hydroxyl groups is 1. The third-order valence-corrected chi connectivity index (χ3v) is 6.21. The summed E-state index contributed by atoms with van der Waals surface area (Å²) in [5.74, 6) is -2.32. The predicted octanol–water partition coefficient (Wildman–Crippen LogP) is 4.37. The van der Waals surface area contributed by atoms with Crippen molar-refractivity contribution in [2.75, 3.05) is 19.8 Å². The molecule has 0 bridgehead atoms. The topological polar surface area (TPSA) is 67.8 Å². The molecule has 1 unspecified atom stereocenters. The van der Waals surface area contributed by atoms with Crippen LogP contribution in [0.4, 0.5) is 8.78 Å². The van der Waals surface area contributed by atoms with Gasteiger partial charge in [0, 0.05) is 18.5 Å². The van der Waals surface area contributed by atoms with Gasteiger partial charge in [-0.1, -0.05) is 30.3 Å². The number of hydrogen-bond acceptors (Lipinski definition) is 5. The first-order chi connectivity index (χ1) is 16.2. The minimum absolute atomic E-state index is 0.0264. The largest absolute Gasteiger partial charge is 0.487 e. The van der Waals surface area contributed by atoms with Crippen molar-refractivity contribution in [3.8, 4) is 5.75 Å². The van der Waals surface area contributed by atoms with Gasteiger partial charge in [0.05, 0.1) is 6.61 Å². The number of β-amino-alcohol motifs (C(OH)–C–C–N with tert-alkyl or cyclic N) is 1. The maximum absolute atomic E-state index is 14.4. The van der Waals surface area contributed by atoms with E-state index in [9.17, 15) is 18.7 Å². The minimum atomic E-state index is -1.12. The lowest BCUT2D eigenvalue weighted by Crippen LogP contribution is -2.46. The molecule has 5 nitrogen and oxygen atoms in total. The first kappa shape index (κ1) is 26.1. The summed E-state index contributed by atoms with van der Waals surface area (Å²) in [6, 6.07) is 10.9. The maximum Gasteiger partial charge on any atom is 0.306 e. The van der Waals surface area contributed by atoms with Crippen LogP contribution in [0.1, 0.15) is 50.3 Å². The summed E-state index contributed by atoms with van der Waals surface area (Å²) in [6.07, 6.45) is 2.32. The van der Waals surface area contributed by atoms with Crippen molar-refractivity contribution in [2.45, 2.75) is 64.5 Å². The fourth-order valence-electron chi connectivity index (χ4n) is 4.62. The maximum atomic E-state index is 14.4. The van der Waals surface area contributed by atoms with Gasteiger partial charge in [-0.25, -0.2) is 4.39 Å². The Labute approximate surface area is 200 Å². The molecule has 1 atom stereocenters. The Bertz CT molecular complexity index is 954. The quantitative estimate of drug-likeness (QED) is 0.446. The molecule has 7 heteroatoms. The van der Waals surface area contributed by atoms with E-state index < -0.39 is 23.7 Å². The molecule has 2 N–H and O–H groups in total. The van der Waals surface area contributed by atoms with Crippen LogP contribution in [0.25, 0.3) is 0 Å². The number of carbonyl (C=O) groups is 1. The van der Waals surface area contributed by atoms with Crippen molar-refractivity contribution in [2.24, 2.45) is 5.92 Å². The van der Waals surface area contributed by atoms with E-state index in [2.05, 4.69) is 43.4 Å². The molecule has 0 saturated carbocycles. The van der Waals surface area contributed by atoms with Crippen LogP contribution in [0.15, 0.2) is 36.4 Å². The van der Waals surface area contributed by atoms with Crippen LogP contribution in [-0.4, -0.2) is 42.5 Å².